The lowest BCUT2D eigenvalue weighted by molar-refractivity contribution is -0.138. The van der Waals surface area contributed by atoms with E-state index < -0.39 is 17.1 Å². The number of amidine groups is 1. The maximum absolute atomic E-state index is 12.6. The van der Waals surface area contributed by atoms with Crippen molar-refractivity contribution in [2.75, 3.05) is 4.90 Å². The highest BCUT2D eigenvalue weighted by atomic mass is 32.2. The Morgan fingerprint density at radius 2 is 1.85 bits per heavy atom. The molecule has 1 atom stereocenters. The van der Waals surface area contributed by atoms with Crippen LogP contribution < -0.4 is 4.90 Å². The van der Waals surface area contributed by atoms with E-state index in [1.54, 1.807) is 18.2 Å². The second kappa shape index (κ2) is 7.92. The van der Waals surface area contributed by atoms with E-state index in [9.17, 15) is 19.8 Å². The number of para-hydroxylation sites is 1. The van der Waals surface area contributed by atoms with Gasteiger partial charge in [0.25, 0.3) is 0 Å². The van der Waals surface area contributed by atoms with Crippen LogP contribution in [-0.2, 0) is 9.59 Å². The van der Waals surface area contributed by atoms with E-state index in [0.717, 1.165) is 11.8 Å². The number of amides is 1. The van der Waals surface area contributed by atoms with Gasteiger partial charge in [-0.1, -0.05) is 23.9 Å². The molecule has 0 aromatic heterocycles. The van der Waals surface area contributed by atoms with Crippen LogP contribution in [0.5, 0.6) is 11.5 Å². The Morgan fingerprint density at radius 3 is 2.52 bits per heavy atom. The average molecular weight is 385 g/mol. The van der Waals surface area contributed by atoms with Gasteiger partial charge in [0.15, 0.2) is 5.17 Å². The van der Waals surface area contributed by atoms with E-state index in [1.807, 2.05) is 0 Å². The maximum Gasteiger partial charge on any atom is 0.305 e. The number of anilines is 1. The van der Waals surface area contributed by atoms with E-state index in [4.69, 9.17) is 5.11 Å². The molecule has 0 radical (unpaired) electrons. The Balaban J connectivity index is 1.91. The molecule has 3 rings (SSSR count). The number of aromatic hydroxyl groups is 2. The highest BCUT2D eigenvalue weighted by Gasteiger charge is 2.40. The number of phenols is 2. The van der Waals surface area contributed by atoms with Crippen LogP contribution in [0, 0.1) is 0 Å². The second-order valence-electron chi connectivity index (χ2n) is 5.58. The normalized spacial score (nSPS) is 18.5. The van der Waals surface area contributed by atoms with Crippen LogP contribution >= 0.6 is 11.8 Å². The minimum Gasteiger partial charge on any atom is -0.508 e. The molecule has 138 valence electrons. The van der Waals surface area contributed by atoms with E-state index in [0.29, 0.717) is 11.3 Å². The Morgan fingerprint density at radius 1 is 1.15 bits per heavy atom. The van der Waals surface area contributed by atoms with Crippen molar-refractivity contribution in [2.45, 2.75) is 11.7 Å². The number of carboxylic acids is 1. The van der Waals surface area contributed by atoms with Crippen LogP contribution in [0.25, 0.3) is 0 Å². The summed E-state index contributed by atoms with van der Waals surface area (Å²) in [6.45, 7) is 0. The van der Waals surface area contributed by atoms with Crippen molar-refractivity contribution >= 4 is 40.7 Å². The smallest absolute Gasteiger partial charge is 0.305 e. The number of benzene rings is 2. The molecule has 1 amide bonds. The summed E-state index contributed by atoms with van der Waals surface area (Å²) in [5.41, 5.74) is 0.893. The number of carbonyl (C=O) groups is 2. The largest absolute Gasteiger partial charge is 0.508 e. The summed E-state index contributed by atoms with van der Waals surface area (Å²) >= 11 is 1.00. The van der Waals surface area contributed by atoms with Gasteiger partial charge in [0, 0.05) is 5.56 Å². The maximum atomic E-state index is 12.6. The SMILES string of the molecule is O=C(O)C[C@@H]1S/C(=N\N=C\c2ccccc2O)N(c2ccc(O)cc2)C1=O. The van der Waals surface area contributed by atoms with Crippen molar-refractivity contribution in [3.63, 3.8) is 0 Å². The first-order valence-electron chi connectivity index (χ1n) is 7.86. The number of carboxylic acid groups (broad SMARTS) is 1. The fourth-order valence-electron chi connectivity index (χ4n) is 2.40. The zero-order valence-electron chi connectivity index (χ0n) is 13.9. The molecular weight excluding hydrogens is 370 g/mol. The summed E-state index contributed by atoms with van der Waals surface area (Å²) in [7, 11) is 0. The molecule has 2 aromatic carbocycles. The van der Waals surface area contributed by atoms with E-state index >= 15 is 0 Å². The number of phenolic OH excluding ortho intramolecular Hbond substituents is 2. The van der Waals surface area contributed by atoms with Crippen LogP contribution in [0.15, 0.2) is 58.7 Å². The quantitative estimate of drug-likeness (QED) is 0.536. The predicted molar refractivity (Wildman–Crippen MR) is 102 cm³/mol. The topological polar surface area (TPSA) is 123 Å². The third-order valence-electron chi connectivity index (χ3n) is 3.68. The number of thioether (sulfide) groups is 1. The summed E-state index contributed by atoms with van der Waals surface area (Å²) < 4.78 is 0. The first-order valence-corrected chi connectivity index (χ1v) is 8.74. The van der Waals surface area contributed by atoms with Crippen molar-refractivity contribution in [2.24, 2.45) is 10.2 Å². The van der Waals surface area contributed by atoms with Crippen LogP contribution in [0.4, 0.5) is 5.69 Å². The highest BCUT2D eigenvalue weighted by molar-refractivity contribution is 8.16. The molecule has 9 heteroatoms. The lowest BCUT2D eigenvalue weighted by Crippen LogP contribution is -2.32. The number of aliphatic carboxylic acids is 1. The molecule has 0 unspecified atom stereocenters. The van der Waals surface area contributed by atoms with Gasteiger partial charge in [-0.3, -0.25) is 14.5 Å². The van der Waals surface area contributed by atoms with Crippen molar-refractivity contribution in [1.29, 1.82) is 0 Å². The molecular formula is C18H15N3O5S. The first-order chi connectivity index (χ1) is 13.0. The molecule has 3 N–H and O–H groups in total. The fourth-order valence-corrected chi connectivity index (χ4v) is 3.48. The third kappa shape index (κ3) is 4.26. The van der Waals surface area contributed by atoms with Gasteiger partial charge in [-0.05, 0) is 36.4 Å². The van der Waals surface area contributed by atoms with Gasteiger partial charge in [0.05, 0.1) is 18.3 Å². The molecule has 1 aliphatic heterocycles. The second-order valence-corrected chi connectivity index (χ2v) is 6.75. The number of carbonyl (C=O) groups excluding carboxylic acids is 1. The van der Waals surface area contributed by atoms with Gasteiger partial charge in [-0.2, -0.15) is 5.10 Å². The Labute approximate surface area is 158 Å². The minimum absolute atomic E-state index is 0.0377. The van der Waals surface area contributed by atoms with E-state index in [-0.39, 0.29) is 23.1 Å². The number of hydrogen-bond acceptors (Lipinski definition) is 7. The van der Waals surface area contributed by atoms with Crippen molar-refractivity contribution in [1.82, 2.24) is 0 Å². The van der Waals surface area contributed by atoms with Gasteiger partial charge >= 0.3 is 5.97 Å². The van der Waals surface area contributed by atoms with Gasteiger partial charge in [0.2, 0.25) is 5.91 Å². The minimum atomic E-state index is -1.09. The highest BCUT2D eigenvalue weighted by Crippen LogP contribution is 2.34. The monoisotopic (exact) mass is 385 g/mol. The van der Waals surface area contributed by atoms with E-state index in [1.165, 1.54) is 41.4 Å². The molecule has 2 aromatic rings. The predicted octanol–water partition coefficient (Wildman–Crippen LogP) is 2.41. The molecule has 0 saturated carbocycles. The van der Waals surface area contributed by atoms with Gasteiger partial charge in [-0.25, -0.2) is 0 Å². The summed E-state index contributed by atoms with van der Waals surface area (Å²) in [4.78, 5) is 24.9. The summed E-state index contributed by atoms with van der Waals surface area (Å²) in [6.07, 6.45) is 0.993. The van der Waals surface area contributed by atoms with Crippen LogP contribution in [0.1, 0.15) is 12.0 Å². The number of rotatable bonds is 5. The zero-order chi connectivity index (χ0) is 19.4. The van der Waals surface area contributed by atoms with Crippen LogP contribution in [-0.4, -0.2) is 43.8 Å². The van der Waals surface area contributed by atoms with Crippen LogP contribution in [0.3, 0.4) is 0 Å². The van der Waals surface area contributed by atoms with Crippen LogP contribution in [0.2, 0.25) is 0 Å². The van der Waals surface area contributed by atoms with Crippen molar-refractivity contribution in [3.05, 3.63) is 54.1 Å². The Hall–Kier alpha value is -3.33. The van der Waals surface area contributed by atoms with Gasteiger partial charge in [-0.15, -0.1) is 5.10 Å². The fraction of sp³-hybridized carbons (Fsp3) is 0.111. The molecule has 1 saturated heterocycles. The third-order valence-corrected chi connectivity index (χ3v) is 4.81. The molecule has 1 heterocycles. The molecule has 1 fully saturated rings. The lowest BCUT2D eigenvalue weighted by Gasteiger charge is -2.15. The summed E-state index contributed by atoms with van der Waals surface area (Å²) in [6, 6.07) is 12.4. The molecule has 0 bridgehead atoms. The lowest BCUT2D eigenvalue weighted by atomic mass is 10.2. The molecule has 8 nitrogen and oxygen atoms in total. The van der Waals surface area contributed by atoms with Gasteiger partial charge < -0.3 is 15.3 Å². The van der Waals surface area contributed by atoms with E-state index in [2.05, 4.69) is 10.2 Å². The zero-order valence-corrected chi connectivity index (χ0v) is 14.7. The molecule has 1 aliphatic rings. The molecule has 27 heavy (non-hydrogen) atoms. The summed E-state index contributed by atoms with van der Waals surface area (Å²) in [5.74, 6) is -1.44. The summed E-state index contributed by atoms with van der Waals surface area (Å²) in [5, 5.41) is 35.5. The Bertz CT molecular complexity index is 927. The molecule has 0 spiro atoms. The van der Waals surface area contributed by atoms with Crippen molar-refractivity contribution in [3.8, 4) is 11.5 Å². The number of hydrogen-bond donors (Lipinski definition) is 3. The average Bonchev–Trinajstić information content (AvgIpc) is 2.92. The van der Waals surface area contributed by atoms with Gasteiger partial charge in [0.1, 0.15) is 16.7 Å². The number of nitrogens with zero attached hydrogens (tertiary/aromatic N) is 3. The first kappa shape index (κ1) is 18.5. The molecule has 0 aliphatic carbocycles. The Kier molecular flexibility index (Phi) is 5.41. The van der Waals surface area contributed by atoms with Crippen molar-refractivity contribution < 1.29 is 24.9 Å². The standard InChI is InChI=1S/C18H15N3O5S/c22-13-7-5-12(6-8-13)21-17(26)15(9-16(24)25)27-18(21)20-19-10-11-3-1-2-4-14(11)23/h1-8,10,15,22-23H,9H2,(H,24,25)/b19-10+,20-18-/t15-/m0/s1.